The number of rotatable bonds is 21. The molecule has 1 aliphatic rings. The summed E-state index contributed by atoms with van der Waals surface area (Å²) in [5.74, 6) is -10.9. The van der Waals surface area contributed by atoms with Crippen LogP contribution in [0.15, 0.2) is 0 Å². The van der Waals surface area contributed by atoms with Gasteiger partial charge in [0.05, 0.1) is 50.1 Å². The molecule has 2 atom stereocenters. The van der Waals surface area contributed by atoms with E-state index in [0.29, 0.717) is 12.8 Å². The summed E-state index contributed by atoms with van der Waals surface area (Å²) in [5, 5.41) is 77.6. The Bertz CT molecular complexity index is 914. The van der Waals surface area contributed by atoms with Crippen LogP contribution in [0.2, 0.25) is 0 Å². The summed E-state index contributed by atoms with van der Waals surface area (Å²) < 4.78 is 0. The van der Waals surface area contributed by atoms with Crippen molar-refractivity contribution in [2.75, 3.05) is 65.4 Å². The molecule has 250 valence electrons. The normalized spacial score (nSPS) is 14.9. The van der Waals surface area contributed by atoms with Crippen LogP contribution in [-0.4, -0.2) is 165 Å². The molecule has 1 rings (SSSR count). The molecule has 2 unspecified atom stereocenters. The standard InChI is InChI=1S/C14H22N2O8.C10H16N2O8.4Na/c17-11(18)5-15(6-12(19)20)9-3-1-2-4-10(9)16(7-13(21)22)8-14(23)24;13-7(14)3-11(4-8(15)16)1-2-12(5-9(17)18)6-10(19)20;;;;/h9-10H,1-8H2,(H,17,18)(H,19,20)(H,21,22)(H,23,24);1-6H2,(H,13,14)(H,15,16)(H,17,18)(H,19,20);;;;/q;;4*+1/p-4. The molecule has 0 aromatic heterocycles. The molecule has 0 saturated heterocycles. The van der Waals surface area contributed by atoms with Crippen molar-refractivity contribution in [3.05, 3.63) is 0 Å². The van der Waals surface area contributed by atoms with Gasteiger partial charge >= 0.3 is 142 Å². The van der Waals surface area contributed by atoms with Crippen molar-refractivity contribution >= 4 is 47.8 Å². The zero-order chi connectivity index (χ0) is 34.0. The Balaban J connectivity index is -0.000000241. The van der Waals surface area contributed by atoms with Crippen molar-refractivity contribution in [3.63, 3.8) is 0 Å². The minimum Gasteiger partial charge on any atom is -0.549 e. The van der Waals surface area contributed by atoms with E-state index in [1.54, 1.807) is 0 Å². The topological polar surface area (TPSA) is 323 Å². The van der Waals surface area contributed by atoms with E-state index in [1.165, 1.54) is 9.80 Å². The fraction of sp³-hybridized carbons (Fsp3) is 0.667. The third kappa shape index (κ3) is 29.3. The third-order valence-corrected chi connectivity index (χ3v) is 6.13. The molecule has 48 heavy (non-hydrogen) atoms. The number of carbonyl (C=O) groups is 8. The number of carbonyl (C=O) groups excluding carboxylic acids is 4. The van der Waals surface area contributed by atoms with Crippen LogP contribution in [-0.2, 0) is 38.4 Å². The first-order valence-corrected chi connectivity index (χ1v) is 13.0. The molecule has 0 bridgehead atoms. The fourth-order valence-corrected chi connectivity index (χ4v) is 4.66. The zero-order valence-electron chi connectivity index (χ0n) is 27.5. The van der Waals surface area contributed by atoms with Gasteiger partial charge < -0.3 is 60.0 Å². The van der Waals surface area contributed by atoms with Crippen LogP contribution in [0, 0.1) is 0 Å². The number of carboxylic acids is 8. The van der Waals surface area contributed by atoms with Crippen LogP contribution in [0.5, 0.6) is 0 Å². The van der Waals surface area contributed by atoms with E-state index >= 15 is 0 Å². The van der Waals surface area contributed by atoms with Gasteiger partial charge in [0.1, 0.15) is 0 Å². The average molecular weight is 727 g/mol. The maximum absolute atomic E-state index is 11.0. The van der Waals surface area contributed by atoms with Crippen LogP contribution in [0.4, 0.5) is 0 Å². The van der Waals surface area contributed by atoms with Gasteiger partial charge in [0.25, 0.3) is 0 Å². The van der Waals surface area contributed by atoms with Gasteiger partial charge in [-0.1, -0.05) is 12.8 Å². The molecule has 0 aromatic rings. The third-order valence-electron chi connectivity index (χ3n) is 6.13. The quantitative estimate of drug-likeness (QED) is 0.0798. The minimum absolute atomic E-state index is 0. The summed E-state index contributed by atoms with van der Waals surface area (Å²) in [6.45, 7) is -5.25. The minimum atomic E-state index is -1.53. The van der Waals surface area contributed by atoms with Crippen molar-refractivity contribution in [2.45, 2.75) is 37.8 Å². The second-order valence-electron chi connectivity index (χ2n) is 9.71. The molecule has 0 aliphatic heterocycles. The van der Waals surface area contributed by atoms with Gasteiger partial charge in [-0.2, -0.15) is 0 Å². The number of aliphatic carboxylic acids is 8. The van der Waals surface area contributed by atoms with E-state index < -0.39 is 112 Å². The van der Waals surface area contributed by atoms with Crippen LogP contribution >= 0.6 is 0 Å². The number of hydrogen-bond donors (Lipinski definition) is 4. The van der Waals surface area contributed by atoms with E-state index in [1.807, 2.05) is 0 Å². The smallest absolute Gasteiger partial charge is 0.549 e. The zero-order valence-corrected chi connectivity index (χ0v) is 35.5. The summed E-state index contributed by atoms with van der Waals surface area (Å²) >= 11 is 0. The Morgan fingerprint density at radius 2 is 0.646 bits per heavy atom. The van der Waals surface area contributed by atoms with Gasteiger partial charge in [0.2, 0.25) is 0 Å². The molecular weight excluding hydrogens is 692 g/mol. The molecular formula is C24H34N4Na4O16. The Hall–Kier alpha value is -0.400. The Labute approximate surface area is 363 Å². The number of carboxylic acid groups (broad SMARTS) is 8. The molecule has 1 saturated carbocycles. The second-order valence-corrected chi connectivity index (χ2v) is 9.71. The molecule has 0 radical (unpaired) electrons. The van der Waals surface area contributed by atoms with Crippen molar-refractivity contribution in [1.29, 1.82) is 0 Å². The van der Waals surface area contributed by atoms with Crippen molar-refractivity contribution in [1.82, 2.24) is 19.6 Å². The van der Waals surface area contributed by atoms with Gasteiger partial charge in [-0.25, -0.2) is 0 Å². The van der Waals surface area contributed by atoms with Gasteiger partial charge in [-0.15, -0.1) is 0 Å². The van der Waals surface area contributed by atoms with Gasteiger partial charge in [-0.05, 0) is 12.8 Å². The van der Waals surface area contributed by atoms with E-state index in [4.69, 9.17) is 20.4 Å². The molecule has 1 aliphatic carbocycles. The van der Waals surface area contributed by atoms with Gasteiger partial charge in [0, 0.05) is 51.4 Å². The van der Waals surface area contributed by atoms with Crippen LogP contribution in [0.25, 0.3) is 0 Å². The Kier molecular flexibility index (Phi) is 37.2. The summed E-state index contributed by atoms with van der Waals surface area (Å²) in [6, 6.07) is -1.05. The maximum Gasteiger partial charge on any atom is 1.00 e. The second kappa shape index (κ2) is 31.3. The first-order valence-electron chi connectivity index (χ1n) is 13.0. The molecule has 0 aromatic carbocycles. The van der Waals surface area contributed by atoms with Crippen LogP contribution in [0.1, 0.15) is 25.7 Å². The van der Waals surface area contributed by atoms with Crippen molar-refractivity contribution < 1.29 is 197 Å². The Morgan fingerprint density at radius 1 is 0.438 bits per heavy atom. The largest absolute Gasteiger partial charge is 1.00 e. The molecule has 0 spiro atoms. The summed E-state index contributed by atoms with van der Waals surface area (Å²) in [7, 11) is 0. The summed E-state index contributed by atoms with van der Waals surface area (Å²) in [5.41, 5.74) is 0. The SMILES string of the molecule is O=C(O)CN(CC(=O)O)C1CCCCC1N(CC(=O)O)CC(=O)O.O=C([O-])CN(CCN(CC(=O)[O-])CC(=O)[O-])CC(=O)[O-].[Na+].[Na+].[Na+].[Na+]. The average Bonchev–Trinajstić information content (AvgIpc) is 2.84. The first kappa shape index (κ1) is 57.0. The van der Waals surface area contributed by atoms with E-state index in [-0.39, 0.29) is 131 Å². The van der Waals surface area contributed by atoms with Crippen LogP contribution < -0.4 is 139 Å². The maximum atomic E-state index is 11.0. The Morgan fingerprint density at radius 3 is 0.812 bits per heavy atom. The number of hydrogen-bond acceptors (Lipinski definition) is 16. The van der Waals surface area contributed by atoms with Crippen molar-refractivity contribution in [2.24, 2.45) is 0 Å². The van der Waals surface area contributed by atoms with Gasteiger partial charge in [0.15, 0.2) is 0 Å². The molecule has 20 nitrogen and oxygen atoms in total. The monoisotopic (exact) mass is 726 g/mol. The van der Waals surface area contributed by atoms with Crippen LogP contribution in [0.3, 0.4) is 0 Å². The fourth-order valence-electron chi connectivity index (χ4n) is 4.66. The molecule has 0 heterocycles. The van der Waals surface area contributed by atoms with E-state index in [2.05, 4.69) is 0 Å². The van der Waals surface area contributed by atoms with Crippen molar-refractivity contribution in [3.8, 4) is 0 Å². The van der Waals surface area contributed by atoms with Gasteiger partial charge in [-0.3, -0.25) is 38.8 Å². The molecule has 0 amide bonds. The first-order chi connectivity index (χ1) is 20.4. The number of nitrogens with zero attached hydrogens (tertiary/aromatic N) is 4. The molecule has 4 N–H and O–H groups in total. The predicted molar refractivity (Wildman–Crippen MR) is 133 cm³/mol. The summed E-state index contributed by atoms with van der Waals surface area (Å²) in [4.78, 5) is 90.1. The summed E-state index contributed by atoms with van der Waals surface area (Å²) in [6.07, 6.45) is 2.46. The molecule has 1 fully saturated rings. The predicted octanol–water partition coefficient (Wildman–Crippen LogP) is -20.2. The van der Waals surface area contributed by atoms with E-state index in [0.717, 1.165) is 22.6 Å². The van der Waals surface area contributed by atoms with E-state index in [9.17, 15) is 58.8 Å². The molecule has 24 heteroatoms.